The Morgan fingerprint density at radius 2 is 1.78 bits per heavy atom. The molecule has 0 aliphatic rings. The molecule has 4 rings (SSSR count). The fraction of sp³-hybridized carbons (Fsp3) is 0.100. The Labute approximate surface area is 183 Å². The molecule has 166 valence electrons. The molecule has 0 unspecified atom stereocenters. The third-order valence-electron chi connectivity index (χ3n) is 4.35. The Morgan fingerprint density at radius 3 is 2.34 bits per heavy atom. The number of hydrogen-bond donors (Lipinski definition) is 0. The van der Waals surface area contributed by atoms with Crippen molar-refractivity contribution in [1.29, 1.82) is 0 Å². The van der Waals surface area contributed by atoms with Gasteiger partial charge in [-0.25, -0.2) is 4.98 Å². The van der Waals surface area contributed by atoms with Crippen molar-refractivity contribution in [3.05, 3.63) is 75.9 Å². The van der Waals surface area contributed by atoms with Crippen LogP contribution in [0.3, 0.4) is 0 Å². The Kier molecular flexibility index (Phi) is 5.25. The summed E-state index contributed by atoms with van der Waals surface area (Å²) in [6, 6.07) is 10.2. The molecule has 0 fully saturated rings. The summed E-state index contributed by atoms with van der Waals surface area (Å²) in [7, 11) is -4.18. The first-order valence-corrected chi connectivity index (χ1v) is 11.0. The van der Waals surface area contributed by atoms with Gasteiger partial charge in [-0.2, -0.15) is 21.6 Å². The standard InChI is InChI=1S/C20H12ClF3N2O5S/c1-32(28,29)31-17-13-8-9-15(20(22,23)24)25-18(13)26(12-6-4-11(21)5-7-12)19(27)16(17)14-3-2-10-30-14/h2-10H,1H3. The van der Waals surface area contributed by atoms with E-state index in [9.17, 15) is 26.4 Å². The molecule has 12 heteroatoms. The monoisotopic (exact) mass is 484 g/mol. The molecule has 7 nitrogen and oxygen atoms in total. The average Bonchev–Trinajstić information content (AvgIpc) is 3.21. The average molecular weight is 485 g/mol. The minimum atomic E-state index is -4.81. The Balaban J connectivity index is 2.22. The van der Waals surface area contributed by atoms with Crippen molar-refractivity contribution in [2.75, 3.05) is 6.26 Å². The van der Waals surface area contributed by atoms with Crippen molar-refractivity contribution in [3.63, 3.8) is 0 Å². The van der Waals surface area contributed by atoms with Crippen LogP contribution in [0.5, 0.6) is 5.75 Å². The summed E-state index contributed by atoms with van der Waals surface area (Å²) in [4.78, 5) is 17.1. The highest BCUT2D eigenvalue weighted by atomic mass is 35.5. The third kappa shape index (κ3) is 4.08. The van der Waals surface area contributed by atoms with Crippen LogP contribution in [0.25, 0.3) is 28.0 Å². The summed E-state index contributed by atoms with van der Waals surface area (Å²) in [5.41, 5.74) is -2.79. The van der Waals surface area contributed by atoms with Crippen LogP contribution in [-0.2, 0) is 16.3 Å². The lowest BCUT2D eigenvalue weighted by atomic mass is 10.1. The van der Waals surface area contributed by atoms with Crippen LogP contribution in [0.2, 0.25) is 5.02 Å². The van der Waals surface area contributed by atoms with Gasteiger partial charge in [-0.1, -0.05) is 11.6 Å². The van der Waals surface area contributed by atoms with Crippen molar-refractivity contribution < 1.29 is 30.2 Å². The molecule has 0 N–H and O–H groups in total. The molecule has 3 heterocycles. The largest absolute Gasteiger partial charge is 0.464 e. The number of alkyl halides is 3. The first-order chi connectivity index (χ1) is 15.0. The van der Waals surface area contributed by atoms with E-state index in [0.29, 0.717) is 11.1 Å². The highest BCUT2D eigenvalue weighted by Crippen LogP contribution is 2.37. The predicted octanol–water partition coefficient (Wildman–Crippen LogP) is 4.66. The summed E-state index contributed by atoms with van der Waals surface area (Å²) >= 11 is 5.90. The molecule has 0 spiro atoms. The molecule has 1 aromatic carbocycles. The first-order valence-electron chi connectivity index (χ1n) is 8.82. The van der Waals surface area contributed by atoms with Crippen LogP contribution in [0.1, 0.15) is 5.69 Å². The summed E-state index contributed by atoms with van der Waals surface area (Å²) < 4.78 is 75.2. The molecule has 0 saturated carbocycles. The normalized spacial score (nSPS) is 12.3. The topological polar surface area (TPSA) is 91.4 Å². The Hall–Kier alpha value is -3.31. The zero-order valence-corrected chi connectivity index (χ0v) is 17.6. The summed E-state index contributed by atoms with van der Waals surface area (Å²) in [6.07, 6.45) is -2.82. The van der Waals surface area contributed by atoms with E-state index in [2.05, 4.69) is 4.98 Å². The molecular formula is C20H12ClF3N2O5S. The lowest BCUT2D eigenvalue weighted by molar-refractivity contribution is -0.141. The first kappa shape index (κ1) is 21.9. The van der Waals surface area contributed by atoms with Crippen LogP contribution in [0, 0.1) is 0 Å². The maximum absolute atomic E-state index is 13.5. The second-order valence-corrected chi connectivity index (χ2v) is 8.66. The van der Waals surface area contributed by atoms with Gasteiger partial charge in [0.15, 0.2) is 11.4 Å². The van der Waals surface area contributed by atoms with Crippen molar-refractivity contribution in [2.45, 2.75) is 6.18 Å². The summed E-state index contributed by atoms with van der Waals surface area (Å²) in [5, 5.41) is 0.183. The Bertz CT molecular complexity index is 1480. The van der Waals surface area contributed by atoms with Crippen molar-refractivity contribution >= 4 is 32.8 Å². The molecule has 0 amide bonds. The van der Waals surface area contributed by atoms with E-state index in [1.54, 1.807) is 0 Å². The highest BCUT2D eigenvalue weighted by molar-refractivity contribution is 7.86. The predicted molar refractivity (Wildman–Crippen MR) is 111 cm³/mol. The molecule has 0 saturated heterocycles. The molecule has 0 atom stereocenters. The lowest BCUT2D eigenvalue weighted by Gasteiger charge is -2.17. The van der Waals surface area contributed by atoms with E-state index < -0.39 is 38.9 Å². The molecule has 4 aromatic rings. The number of rotatable bonds is 4. The van der Waals surface area contributed by atoms with Gasteiger partial charge in [0.1, 0.15) is 17.0 Å². The number of nitrogens with zero attached hydrogens (tertiary/aromatic N) is 2. The van der Waals surface area contributed by atoms with E-state index in [4.69, 9.17) is 20.2 Å². The van der Waals surface area contributed by atoms with E-state index in [1.165, 1.54) is 42.7 Å². The zero-order chi connectivity index (χ0) is 23.3. The quantitative estimate of drug-likeness (QED) is 0.391. The number of aromatic nitrogens is 2. The number of pyridine rings is 2. The minimum absolute atomic E-state index is 0.0434. The maximum atomic E-state index is 13.5. The SMILES string of the molecule is CS(=O)(=O)Oc1c(-c2ccco2)c(=O)n(-c2ccc(Cl)cc2)c2nc(C(F)(F)F)ccc12. The minimum Gasteiger partial charge on any atom is -0.464 e. The Morgan fingerprint density at radius 1 is 1.09 bits per heavy atom. The van der Waals surface area contributed by atoms with Crippen LogP contribution in [0.4, 0.5) is 13.2 Å². The number of hydrogen-bond acceptors (Lipinski definition) is 6. The number of halogens is 4. The smallest absolute Gasteiger partial charge is 0.433 e. The van der Waals surface area contributed by atoms with E-state index in [1.807, 2.05) is 0 Å². The molecule has 0 radical (unpaired) electrons. The van der Waals surface area contributed by atoms with Crippen LogP contribution < -0.4 is 9.74 Å². The van der Waals surface area contributed by atoms with E-state index in [-0.39, 0.29) is 22.4 Å². The molecule has 3 aromatic heterocycles. The molecule has 0 aliphatic carbocycles. The third-order valence-corrected chi connectivity index (χ3v) is 5.07. The maximum Gasteiger partial charge on any atom is 0.433 e. The van der Waals surface area contributed by atoms with Gasteiger partial charge < -0.3 is 8.60 Å². The second kappa shape index (κ2) is 7.68. The number of benzene rings is 1. The van der Waals surface area contributed by atoms with Gasteiger partial charge in [-0.3, -0.25) is 9.36 Å². The van der Waals surface area contributed by atoms with Gasteiger partial charge in [0.25, 0.3) is 5.56 Å². The number of furan rings is 1. The van der Waals surface area contributed by atoms with Gasteiger partial charge in [0.2, 0.25) is 0 Å². The van der Waals surface area contributed by atoms with E-state index in [0.717, 1.165) is 16.9 Å². The van der Waals surface area contributed by atoms with Crippen molar-refractivity contribution in [1.82, 2.24) is 9.55 Å². The van der Waals surface area contributed by atoms with Crippen molar-refractivity contribution in [3.8, 4) is 22.8 Å². The van der Waals surface area contributed by atoms with Gasteiger partial charge in [0, 0.05) is 5.02 Å². The van der Waals surface area contributed by atoms with Gasteiger partial charge in [-0.05, 0) is 48.5 Å². The van der Waals surface area contributed by atoms with Crippen LogP contribution in [-0.4, -0.2) is 24.2 Å². The van der Waals surface area contributed by atoms with Gasteiger partial charge in [-0.15, -0.1) is 0 Å². The second-order valence-electron chi connectivity index (χ2n) is 6.65. The molecule has 0 aliphatic heterocycles. The van der Waals surface area contributed by atoms with E-state index >= 15 is 0 Å². The highest BCUT2D eigenvalue weighted by Gasteiger charge is 2.34. The molecule has 0 bridgehead atoms. The molecule has 32 heavy (non-hydrogen) atoms. The lowest BCUT2D eigenvalue weighted by Crippen LogP contribution is -2.24. The fourth-order valence-corrected chi connectivity index (χ4v) is 3.70. The van der Waals surface area contributed by atoms with Crippen LogP contribution >= 0.6 is 11.6 Å². The number of fused-ring (bicyclic) bond motifs is 1. The van der Waals surface area contributed by atoms with Crippen LogP contribution in [0.15, 0.2) is 64.0 Å². The van der Waals surface area contributed by atoms with Gasteiger partial charge in [0.05, 0.1) is 23.6 Å². The zero-order valence-electron chi connectivity index (χ0n) is 16.1. The van der Waals surface area contributed by atoms with Crippen molar-refractivity contribution in [2.24, 2.45) is 0 Å². The summed E-state index contributed by atoms with van der Waals surface area (Å²) in [5.74, 6) is -0.535. The molecular weight excluding hydrogens is 473 g/mol. The summed E-state index contributed by atoms with van der Waals surface area (Å²) in [6.45, 7) is 0. The van der Waals surface area contributed by atoms with Gasteiger partial charge >= 0.3 is 16.3 Å². The fourth-order valence-electron chi connectivity index (χ4n) is 3.10.